The summed E-state index contributed by atoms with van der Waals surface area (Å²) in [4.78, 5) is 12.9. The van der Waals surface area contributed by atoms with Gasteiger partial charge in [0.15, 0.2) is 0 Å². The van der Waals surface area contributed by atoms with E-state index in [4.69, 9.17) is 27.9 Å². The van der Waals surface area contributed by atoms with E-state index in [2.05, 4.69) is 5.32 Å². The first kappa shape index (κ1) is 16.2. The number of para-hydroxylation sites is 2. The van der Waals surface area contributed by atoms with Crippen molar-refractivity contribution >= 4 is 34.8 Å². The van der Waals surface area contributed by atoms with Crippen LogP contribution in [-0.2, 0) is 10.2 Å². The third-order valence-corrected chi connectivity index (χ3v) is 4.99. The van der Waals surface area contributed by atoms with E-state index < -0.39 is 9.75 Å². The Labute approximate surface area is 145 Å². The number of carbonyl (C=O) groups excluding carboxylic acids is 1. The number of carbonyl (C=O) groups is 1. The molecule has 0 saturated heterocycles. The molecule has 2 aromatic carbocycles. The zero-order valence-corrected chi connectivity index (χ0v) is 14.2. The molecule has 1 saturated carbocycles. The molecule has 120 valence electrons. The Morgan fingerprint density at radius 3 is 2.35 bits per heavy atom. The van der Waals surface area contributed by atoms with Gasteiger partial charge in [0.2, 0.25) is 5.91 Å². The van der Waals surface area contributed by atoms with Gasteiger partial charge in [-0.1, -0.05) is 42.5 Å². The Morgan fingerprint density at radius 2 is 1.74 bits per heavy atom. The van der Waals surface area contributed by atoms with E-state index >= 15 is 0 Å². The van der Waals surface area contributed by atoms with E-state index in [1.807, 2.05) is 55.5 Å². The highest BCUT2D eigenvalue weighted by atomic mass is 35.5. The van der Waals surface area contributed by atoms with Crippen LogP contribution in [-0.4, -0.2) is 16.8 Å². The van der Waals surface area contributed by atoms with Crippen LogP contribution in [0.25, 0.3) is 0 Å². The Balaban J connectivity index is 1.91. The highest BCUT2D eigenvalue weighted by Crippen LogP contribution is 2.65. The molecule has 5 heteroatoms. The summed E-state index contributed by atoms with van der Waals surface area (Å²) in [5.74, 6) is 0.405. The number of alkyl halides is 2. The van der Waals surface area contributed by atoms with Gasteiger partial charge in [-0.2, -0.15) is 0 Å². The van der Waals surface area contributed by atoms with Crippen molar-refractivity contribution in [1.82, 2.24) is 0 Å². The molecule has 1 aliphatic rings. The maximum Gasteiger partial charge on any atom is 0.238 e. The first-order chi connectivity index (χ1) is 11.0. The summed E-state index contributed by atoms with van der Waals surface area (Å²) in [7, 11) is 0. The van der Waals surface area contributed by atoms with Crippen molar-refractivity contribution in [2.45, 2.75) is 23.1 Å². The molecule has 0 spiro atoms. The Hall–Kier alpha value is -1.71. The molecule has 1 unspecified atom stereocenters. The second-order valence-corrected chi connectivity index (χ2v) is 7.02. The fourth-order valence-corrected chi connectivity index (χ4v) is 3.57. The van der Waals surface area contributed by atoms with E-state index in [1.165, 1.54) is 0 Å². The first-order valence-corrected chi connectivity index (χ1v) is 8.23. The second-order valence-electron chi connectivity index (χ2n) is 5.54. The number of halogens is 2. The zero-order chi connectivity index (χ0) is 16.5. The number of rotatable bonds is 5. The lowest BCUT2D eigenvalue weighted by Crippen LogP contribution is -2.32. The molecule has 0 bridgehead atoms. The molecule has 1 atom stereocenters. The van der Waals surface area contributed by atoms with Crippen LogP contribution < -0.4 is 10.1 Å². The van der Waals surface area contributed by atoms with Crippen molar-refractivity contribution in [2.75, 3.05) is 11.9 Å². The summed E-state index contributed by atoms with van der Waals surface area (Å²) in [6, 6.07) is 16.7. The van der Waals surface area contributed by atoms with Crippen molar-refractivity contribution in [1.29, 1.82) is 0 Å². The number of nitrogens with one attached hydrogen (secondary N) is 1. The third kappa shape index (κ3) is 2.79. The number of ether oxygens (including phenoxy) is 1. The lowest BCUT2D eigenvalue weighted by Gasteiger charge is -2.19. The van der Waals surface area contributed by atoms with Gasteiger partial charge in [0, 0.05) is 6.42 Å². The van der Waals surface area contributed by atoms with Gasteiger partial charge in [0.05, 0.1) is 12.3 Å². The average molecular weight is 350 g/mol. The predicted molar refractivity (Wildman–Crippen MR) is 93.4 cm³/mol. The molecule has 0 aliphatic heterocycles. The number of hydrogen-bond donors (Lipinski definition) is 1. The Bertz CT molecular complexity index is 718. The molecule has 0 aromatic heterocycles. The summed E-state index contributed by atoms with van der Waals surface area (Å²) in [5, 5.41) is 2.92. The summed E-state index contributed by atoms with van der Waals surface area (Å²) >= 11 is 12.7. The van der Waals surface area contributed by atoms with Gasteiger partial charge in [-0.3, -0.25) is 4.79 Å². The standard InChI is InChI=1S/C18H17Cl2NO2/c1-2-23-15-11-7-6-10-14(15)21-16(22)17(12-18(17,19)20)13-8-4-3-5-9-13/h3-11H,2,12H2,1H3,(H,21,22). The van der Waals surface area contributed by atoms with Crippen LogP contribution >= 0.6 is 23.2 Å². The summed E-state index contributed by atoms with van der Waals surface area (Å²) in [5.41, 5.74) is 0.499. The topological polar surface area (TPSA) is 38.3 Å². The van der Waals surface area contributed by atoms with E-state index in [1.54, 1.807) is 6.07 Å². The quantitative estimate of drug-likeness (QED) is 0.804. The first-order valence-electron chi connectivity index (χ1n) is 7.48. The number of benzene rings is 2. The minimum Gasteiger partial charge on any atom is -0.492 e. The number of anilines is 1. The van der Waals surface area contributed by atoms with Crippen LogP contribution in [0.15, 0.2) is 54.6 Å². The number of hydrogen-bond acceptors (Lipinski definition) is 2. The third-order valence-electron chi connectivity index (χ3n) is 4.08. The maximum atomic E-state index is 12.9. The van der Waals surface area contributed by atoms with Crippen molar-refractivity contribution in [3.05, 3.63) is 60.2 Å². The molecule has 2 aromatic rings. The number of amides is 1. The van der Waals surface area contributed by atoms with Gasteiger partial charge in [0.25, 0.3) is 0 Å². The van der Waals surface area contributed by atoms with Crippen LogP contribution in [0, 0.1) is 0 Å². The Morgan fingerprint density at radius 1 is 1.13 bits per heavy atom. The molecule has 0 heterocycles. The van der Waals surface area contributed by atoms with Gasteiger partial charge in [-0.25, -0.2) is 0 Å². The van der Waals surface area contributed by atoms with Crippen LogP contribution in [0.2, 0.25) is 0 Å². The van der Waals surface area contributed by atoms with Gasteiger partial charge in [-0.05, 0) is 24.6 Å². The molecular weight excluding hydrogens is 333 g/mol. The van der Waals surface area contributed by atoms with E-state index in [-0.39, 0.29) is 5.91 Å². The molecule has 3 nitrogen and oxygen atoms in total. The minimum atomic E-state index is -1.10. The predicted octanol–water partition coefficient (Wildman–Crippen LogP) is 4.54. The van der Waals surface area contributed by atoms with Crippen molar-refractivity contribution in [2.24, 2.45) is 0 Å². The van der Waals surface area contributed by atoms with Gasteiger partial charge < -0.3 is 10.1 Å². The summed E-state index contributed by atoms with van der Waals surface area (Å²) < 4.78 is 4.45. The largest absolute Gasteiger partial charge is 0.492 e. The normalized spacial score (nSPS) is 21.5. The molecule has 1 amide bonds. The molecule has 0 radical (unpaired) electrons. The molecule has 23 heavy (non-hydrogen) atoms. The Kier molecular flexibility index (Phi) is 4.26. The SMILES string of the molecule is CCOc1ccccc1NC(=O)C1(c2ccccc2)CC1(Cl)Cl. The van der Waals surface area contributed by atoms with E-state index in [0.717, 1.165) is 5.56 Å². The average Bonchev–Trinajstić information content (AvgIpc) is 3.14. The second kappa shape index (κ2) is 6.06. The summed E-state index contributed by atoms with van der Waals surface area (Å²) in [6.07, 6.45) is 0.385. The highest BCUT2D eigenvalue weighted by Gasteiger charge is 2.72. The molecular formula is C18H17Cl2NO2. The van der Waals surface area contributed by atoms with Gasteiger partial charge >= 0.3 is 0 Å². The maximum absolute atomic E-state index is 12.9. The van der Waals surface area contributed by atoms with Crippen molar-refractivity contribution < 1.29 is 9.53 Å². The van der Waals surface area contributed by atoms with Crippen molar-refractivity contribution in [3.63, 3.8) is 0 Å². The monoisotopic (exact) mass is 349 g/mol. The highest BCUT2D eigenvalue weighted by molar-refractivity contribution is 6.54. The molecule has 1 N–H and O–H groups in total. The molecule has 1 aliphatic carbocycles. The van der Waals surface area contributed by atoms with E-state index in [0.29, 0.717) is 24.5 Å². The lowest BCUT2D eigenvalue weighted by molar-refractivity contribution is -0.118. The van der Waals surface area contributed by atoms with Crippen LogP contribution in [0.1, 0.15) is 18.9 Å². The summed E-state index contributed by atoms with van der Waals surface area (Å²) in [6.45, 7) is 2.42. The van der Waals surface area contributed by atoms with Crippen molar-refractivity contribution in [3.8, 4) is 5.75 Å². The van der Waals surface area contributed by atoms with Gasteiger partial charge in [0.1, 0.15) is 15.5 Å². The van der Waals surface area contributed by atoms with E-state index in [9.17, 15) is 4.79 Å². The van der Waals surface area contributed by atoms with Crippen LogP contribution in [0.3, 0.4) is 0 Å². The van der Waals surface area contributed by atoms with Crippen LogP contribution in [0.4, 0.5) is 5.69 Å². The van der Waals surface area contributed by atoms with Gasteiger partial charge in [-0.15, -0.1) is 23.2 Å². The molecule has 1 fully saturated rings. The lowest BCUT2D eigenvalue weighted by atomic mass is 9.94. The fraction of sp³-hybridized carbons (Fsp3) is 0.278. The minimum absolute atomic E-state index is 0.221. The smallest absolute Gasteiger partial charge is 0.238 e. The molecule has 3 rings (SSSR count). The fourth-order valence-electron chi connectivity index (χ4n) is 2.78. The van der Waals surface area contributed by atoms with Crippen LogP contribution in [0.5, 0.6) is 5.75 Å². The zero-order valence-electron chi connectivity index (χ0n) is 12.7.